The third-order valence-corrected chi connectivity index (χ3v) is 6.86. The number of carbonyl (C=O) groups is 1. The highest BCUT2D eigenvalue weighted by atomic mass is 16.5. The van der Waals surface area contributed by atoms with Crippen LogP contribution in [0, 0.1) is 0 Å². The highest BCUT2D eigenvalue weighted by Gasteiger charge is 2.43. The van der Waals surface area contributed by atoms with Crippen molar-refractivity contribution in [1.82, 2.24) is 4.90 Å². The van der Waals surface area contributed by atoms with Gasteiger partial charge in [0.25, 0.3) is 0 Å². The number of rotatable bonds is 4. The van der Waals surface area contributed by atoms with Gasteiger partial charge in [-0.1, -0.05) is 60.7 Å². The molecular weight excluding hydrogens is 382 g/mol. The minimum Gasteiger partial charge on any atom is -0.423 e. The van der Waals surface area contributed by atoms with Crippen molar-refractivity contribution in [1.29, 1.82) is 0 Å². The number of carbonyl (C=O) groups excluding carboxylic acids is 1. The summed E-state index contributed by atoms with van der Waals surface area (Å²) in [5.74, 6) is 0.386. The molecular formula is C28H27NO2. The smallest absolute Gasteiger partial charge is 0.343 e. The quantitative estimate of drug-likeness (QED) is 0.329. The average molecular weight is 410 g/mol. The predicted molar refractivity (Wildman–Crippen MR) is 124 cm³/mol. The zero-order valence-electron chi connectivity index (χ0n) is 17.7. The van der Waals surface area contributed by atoms with Crippen LogP contribution >= 0.6 is 0 Å². The van der Waals surface area contributed by atoms with Crippen LogP contribution in [0.2, 0.25) is 0 Å². The van der Waals surface area contributed by atoms with Crippen LogP contribution in [-0.4, -0.2) is 30.5 Å². The molecule has 1 aliphatic carbocycles. The van der Waals surface area contributed by atoms with Crippen LogP contribution in [0.4, 0.5) is 0 Å². The molecule has 3 heteroatoms. The minimum atomic E-state index is -0.303. The molecule has 31 heavy (non-hydrogen) atoms. The van der Waals surface area contributed by atoms with Gasteiger partial charge in [-0.15, -0.1) is 6.58 Å². The second-order valence-corrected chi connectivity index (χ2v) is 8.54. The van der Waals surface area contributed by atoms with Gasteiger partial charge in [0.05, 0.1) is 5.56 Å². The number of fused-ring (bicyclic) bond motifs is 4. The molecule has 3 aromatic rings. The molecule has 1 heterocycles. The summed E-state index contributed by atoms with van der Waals surface area (Å²) in [5.41, 5.74) is 5.80. The summed E-state index contributed by atoms with van der Waals surface area (Å²) in [4.78, 5) is 15.3. The van der Waals surface area contributed by atoms with Crippen molar-refractivity contribution in [3.05, 3.63) is 113 Å². The van der Waals surface area contributed by atoms with Crippen molar-refractivity contribution in [2.24, 2.45) is 0 Å². The molecule has 3 nitrogen and oxygen atoms in total. The number of likely N-dealkylation sites (tertiary alicyclic amines) is 1. The first kappa shape index (κ1) is 19.8. The van der Waals surface area contributed by atoms with E-state index in [2.05, 4.69) is 41.8 Å². The van der Waals surface area contributed by atoms with Gasteiger partial charge < -0.3 is 4.74 Å². The number of hydrogen-bond acceptors (Lipinski definition) is 3. The molecule has 5 rings (SSSR count). The van der Waals surface area contributed by atoms with Gasteiger partial charge >= 0.3 is 5.97 Å². The Labute approximate surface area is 184 Å². The number of esters is 1. The minimum absolute atomic E-state index is 0.0307. The summed E-state index contributed by atoms with van der Waals surface area (Å²) in [5, 5.41) is 0. The molecule has 1 fully saturated rings. The first-order valence-electron chi connectivity index (χ1n) is 11.0. The van der Waals surface area contributed by atoms with E-state index in [0.29, 0.717) is 11.3 Å². The molecule has 0 bridgehead atoms. The van der Waals surface area contributed by atoms with Crippen molar-refractivity contribution in [2.45, 2.75) is 24.7 Å². The van der Waals surface area contributed by atoms with E-state index < -0.39 is 0 Å². The van der Waals surface area contributed by atoms with Crippen molar-refractivity contribution >= 4 is 5.97 Å². The molecule has 0 radical (unpaired) electrons. The SMILES string of the molecule is C=CCN1CCC2(CC1)c1ccccc1Cc1c(OC(=O)c3ccccc3)cccc12. The lowest BCUT2D eigenvalue weighted by molar-refractivity contribution is 0.0732. The normalized spacial score (nSPS) is 16.9. The molecule has 1 aliphatic heterocycles. The third kappa shape index (κ3) is 3.49. The molecule has 0 saturated carbocycles. The average Bonchev–Trinajstić information content (AvgIpc) is 2.82. The van der Waals surface area contributed by atoms with Gasteiger partial charge in [-0.3, -0.25) is 4.90 Å². The molecule has 0 amide bonds. The monoisotopic (exact) mass is 409 g/mol. The van der Waals surface area contributed by atoms with Crippen LogP contribution in [0.1, 0.15) is 45.5 Å². The number of piperidine rings is 1. The second kappa shape index (κ2) is 8.16. The Bertz CT molecular complexity index is 1110. The zero-order valence-corrected chi connectivity index (χ0v) is 17.7. The zero-order chi connectivity index (χ0) is 21.3. The molecule has 0 atom stereocenters. The largest absolute Gasteiger partial charge is 0.423 e. The maximum Gasteiger partial charge on any atom is 0.343 e. The highest BCUT2D eigenvalue weighted by Crippen LogP contribution is 2.50. The standard InChI is InChI=1S/C28H27NO2/c1-2-17-29-18-15-28(16-19-29)24-12-7-6-11-22(24)20-23-25(28)13-8-14-26(23)31-27(30)21-9-4-3-5-10-21/h2-14H,1,15-20H2. The van der Waals surface area contributed by atoms with Gasteiger partial charge in [0.1, 0.15) is 5.75 Å². The fourth-order valence-corrected chi connectivity index (χ4v) is 5.34. The summed E-state index contributed by atoms with van der Waals surface area (Å²) < 4.78 is 5.94. The van der Waals surface area contributed by atoms with E-state index in [9.17, 15) is 4.79 Å². The fraction of sp³-hybridized carbons (Fsp3) is 0.250. The molecule has 2 aliphatic rings. The van der Waals surface area contributed by atoms with E-state index in [-0.39, 0.29) is 11.4 Å². The van der Waals surface area contributed by atoms with Crippen LogP contribution in [0.15, 0.2) is 85.5 Å². The lowest BCUT2D eigenvalue weighted by atomic mass is 9.62. The van der Waals surface area contributed by atoms with E-state index in [1.165, 1.54) is 16.7 Å². The molecule has 3 aromatic carbocycles. The summed E-state index contributed by atoms with van der Waals surface area (Å²) in [6, 6.07) is 24.2. The van der Waals surface area contributed by atoms with Gasteiger partial charge in [-0.05, 0) is 60.8 Å². The van der Waals surface area contributed by atoms with Gasteiger partial charge in [0.2, 0.25) is 0 Å². The number of hydrogen-bond donors (Lipinski definition) is 0. The lowest BCUT2D eigenvalue weighted by Gasteiger charge is -2.46. The highest BCUT2D eigenvalue weighted by molar-refractivity contribution is 5.91. The number of ether oxygens (including phenoxy) is 1. The maximum atomic E-state index is 12.8. The van der Waals surface area contributed by atoms with Crippen LogP contribution in [0.5, 0.6) is 5.75 Å². The van der Waals surface area contributed by atoms with Crippen LogP contribution in [0.25, 0.3) is 0 Å². The molecule has 156 valence electrons. The van der Waals surface area contributed by atoms with Crippen molar-refractivity contribution in [2.75, 3.05) is 19.6 Å². The summed E-state index contributed by atoms with van der Waals surface area (Å²) in [7, 11) is 0. The van der Waals surface area contributed by atoms with E-state index in [0.717, 1.165) is 44.5 Å². The molecule has 0 unspecified atom stereocenters. The van der Waals surface area contributed by atoms with Crippen LogP contribution in [-0.2, 0) is 11.8 Å². The number of nitrogens with zero attached hydrogens (tertiary/aromatic N) is 1. The number of benzene rings is 3. The van der Waals surface area contributed by atoms with E-state index in [1.807, 2.05) is 36.4 Å². The van der Waals surface area contributed by atoms with Gasteiger partial charge in [0, 0.05) is 23.9 Å². The molecule has 1 spiro atoms. The van der Waals surface area contributed by atoms with Gasteiger partial charge in [-0.2, -0.15) is 0 Å². The Morgan fingerprint density at radius 2 is 1.65 bits per heavy atom. The molecule has 1 saturated heterocycles. The molecule has 0 N–H and O–H groups in total. The summed E-state index contributed by atoms with van der Waals surface area (Å²) >= 11 is 0. The van der Waals surface area contributed by atoms with Crippen molar-refractivity contribution < 1.29 is 9.53 Å². The van der Waals surface area contributed by atoms with E-state index >= 15 is 0 Å². The van der Waals surface area contributed by atoms with Gasteiger partial charge in [-0.25, -0.2) is 4.79 Å². The van der Waals surface area contributed by atoms with Crippen molar-refractivity contribution in [3.8, 4) is 5.75 Å². The Morgan fingerprint density at radius 3 is 2.42 bits per heavy atom. The fourth-order valence-electron chi connectivity index (χ4n) is 5.34. The third-order valence-electron chi connectivity index (χ3n) is 6.86. The first-order chi connectivity index (χ1) is 15.2. The molecule has 0 aromatic heterocycles. The Morgan fingerprint density at radius 1 is 0.935 bits per heavy atom. The lowest BCUT2D eigenvalue weighted by Crippen LogP contribution is -2.45. The topological polar surface area (TPSA) is 29.5 Å². The Hall–Kier alpha value is -3.17. The van der Waals surface area contributed by atoms with Gasteiger partial charge in [0.15, 0.2) is 0 Å². The second-order valence-electron chi connectivity index (χ2n) is 8.54. The maximum absolute atomic E-state index is 12.8. The van der Waals surface area contributed by atoms with E-state index in [1.54, 1.807) is 12.1 Å². The van der Waals surface area contributed by atoms with E-state index in [4.69, 9.17) is 4.74 Å². The van der Waals surface area contributed by atoms with Crippen LogP contribution < -0.4 is 4.74 Å². The Kier molecular flexibility index (Phi) is 5.21. The summed E-state index contributed by atoms with van der Waals surface area (Å²) in [6.45, 7) is 6.91. The summed E-state index contributed by atoms with van der Waals surface area (Å²) in [6.07, 6.45) is 4.89. The first-order valence-corrected chi connectivity index (χ1v) is 11.0. The predicted octanol–water partition coefficient (Wildman–Crippen LogP) is 5.38. The van der Waals surface area contributed by atoms with Crippen molar-refractivity contribution in [3.63, 3.8) is 0 Å². The Balaban J connectivity index is 1.55. The van der Waals surface area contributed by atoms with Crippen LogP contribution in [0.3, 0.4) is 0 Å².